The van der Waals surface area contributed by atoms with E-state index in [1.165, 1.54) is 10.9 Å². The average Bonchev–Trinajstić information content (AvgIpc) is 3.21. The highest BCUT2D eigenvalue weighted by molar-refractivity contribution is 5.98. The second-order valence-electron chi connectivity index (χ2n) is 7.74. The van der Waals surface area contributed by atoms with Crippen LogP contribution in [-0.2, 0) is 16.0 Å². The Labute approximate surface area is 187 Å². The number of aromatic nitrogens is 1. The Balaban J connectivity index is 0.000000668. The van der Waals surface area contributed by atoms with E-state index in [-0.39, 0.29) is 17.9 Å². The predicted molar refractivity (Wildman–Crippen MR) is 123 cm³/mol. The van der Waals surface area contributed by atoms with Crippen molar-refractivity contribution >= 4 is 28.7 Å². The van der Waals surface area contributed by atoms with Crippen LogP contribution in [0.15, 0.2) is 60.8 Å². The Bertz CT molecular complexity index is 1070. The van der Waals surface area contributed by atoms with Crippen molar-refractivity contribution in [3.8, 4) is 0 Å². The Hall–Kier alpha value is -3.61. The van der Waals surface area contributed by atoms with Gasteiger partial charge in [-0.1, -0.05) is 43.3 Å². The molecule has 7 nitrogen and oxygen atoms in total. The lowest BCUT2D eigenvalue weighted by Crippen LogP contribution is -2.58. The number of carboxylic acid groups (broad SMARTS) is 1. The molecule has 0 spiro atoms. The molecule has 0 bridgehead atoms. The van der Waals surface area contributed by atoms with Gasteiger partial charge < -0.3 is 19.9 Å². The summed E-state index contributed by atoms with van der Waals surface area (Å²) in [7, 11) is 0. The highest BCUT2D eigenvalue weighted by Gasteiger charge is 2.36. The summed E-state index contributed by atoms with van der Waals surface area (Å²) in [4.78, 5) is 41.8. The number of carbonyl (C=O) groups is 3. The van der Waals surface area contributed by atoms with Crippen LogP contribution in [0.1, 0.15) is 36.2 Å². The summed E-state index contributed by atoms with van der Waals surface area (Å²) in [5.74, 6) is -0.838. The molecule has 1 aliphatic heterocycles. The second-order valence-corrected chi connectivity index (χ2v) is 7.74. The number of para-hydroxylation sites is 1. The topological polar surface area (TPSA) is 93.7 Å². The van der Waals surface area contributed by atoms with Crippen molar-refractivity contribution in [3.05, 3.63) is 71.9 Å². The molecule has 7 heteroatoms. The highest BCUT2D eigenvalue weighted by atomic mass is 16.4. The van der Waals surface area contributed by atoms with Gasteiger partial charge >= 0.3 is 0 Å². The molecule has 1 atom stereocenters. The Morgan fingerprint density at radius 1 is 1.06 bits per heavy atom. The van der Waals surface area contributed by atoms with Crippen LogP contribution in [0, 0.1) is 0 Å². The van der Waals surface area contributed by atoms with Gasteiger partial charge in [0, 0.05) is 49.2 Å². The molecule has 0 saturated carbocycles. The van der Waals surface area contributed by atoms with Gasteiger partial charge in [0.15, 0.2) is 0 Å². The first-order chi connectivity index (χ1) is 15.4. The van der Waals surface area contributed by atoms with Gasteiger partial charge in [-0.25, -0.2) is 0 Å². The fourth-order valence-electron chi connectivity index (χ4n) is 4.04. The van der Waals surface area contributed by atoms with Gasteiger partial charge in [0.25, 0.3) is 11.9 Å². The Kier molecular flexibility index (Phi) is 7.65. The van der Waals surface area contributed by atoms with Crippen LogP contribution in [0.5, 0.6) is 0 Å². The number of H-pyrrole nitrogens is 1. The third-order valence-electron chi connectivity index (χ3n) is 5.58. The molecule has 2 N–H and O–H groups in total. The van der Waals surface area contributed by atoms with Crippen LogP contribution in [0.25, 0.3) is 10.9 Å². The zero-order valence-electron chi connectivity index (χ0n) is 18.5. The van der Waals surface area contributed by atoms with Crippen molar-refractivity contribution in [2.75, 3.05) is 19.6 Å². The lowest BCUT2D eigenvalue weighted by atomic mass is 10.0. The number of carbonyl (C=O) groups excluding carboxylic acids is 2. The number of aromatic amines is 1. The zero-order chi connectivity index (χ0) is 23.1. The third-order valence-corrected chi connectivity index (χ3v) is 5.58. The largest absolute Gasteiger partial charge is 0.481 e. The van der Waals surface area contributed by atoms with Crippen LogP contribution in [0.3, 0.4) is 0 Å². The van der Waals surface area contributed by atoms with E-state index in [0.29, 0.717) is 31.6 Å². The van der Waals surface area contributed by atoms with E-state index in [9.17, 15) is 9.59 Å². The van der Waals surface area contributed by atoms with Crippen LogP contribution >= 0.6 is 0 Å². The molecular weight excluding hydrogens is 406 g/mol. The van der Waals surface area contributed by atoms with Gasteiger partial charge in [0.05, 0.1) is 0 Å². The number of nitrogens with zero attached hydrogens (tertiary/aromatic N) is 2. The number of aliphatic carboxylic acids is 1. The fraction of sp³-hybridized carbons (Fsp3) is 0.320. The molecule has 1 fully saturated rings. The van der Waals surface area contributed by atoms with Crippen LogP contribution in [0.4, 0.5) is 0 Å². The molecule has 0 aliphatic carbocycles. The number of rotatable bonds is 5. The average molecular weight is 436 g/mol. The second kappa shape index (κ2) is 10.6. The molecule has 168 valence electrons. The molecule has 2 aromatic carbocycles. The van der Waals surface area contributed by atoms with Crippen molar-refractivity contribution < 1.29 is 19.5 Å². The first-order valence-corrected chi connectivity index (χ1v) is 10.8. The maximum absolute atomic E-state index is 13.1. The minimum atomic E-state index is -0.833. The summed E-state index contributed by atoms with van der Waals surface area (Å²) in [6.45, 7) is 4.88. The molecular formula is C25H29N3O4. The number of piperazine rings is 1. The van der Waals surface area contributed by atoms with Gasteiger partial charge in [0.2, 0.25) is 5.91 Å². The van der Waals surface area contributed by atoms with Gasteiger partial charge in [0.1, 0.15) is 6.04 Å². The molecule has 1 saturated heterocycles. The summed E-state index contributed by atoms with van der Waals surface area (Å²) >= 11 is 0. The normalized spacial score (nSPS) is 15.9. The van der Waals surface area contributed by atoms with E-state index in [1.54, 1.807) is 4.90 Å². The first kappa shape index (κ1) is 23.1. The quantitative estimate of drug-likeness (QED) is 0.641. The van der Waals surface area contributed by atoms with E-state index >= 15 is 0 Å². The van der Waals surface area contributed by atoms with Crippen LogP contribution < -0.4 is 0 Å². The Morgan fingerprint density at radius 3 is 2.41 bits per heavy atom. The Morgan fingerprint density at radius 2 is 1.72 bits per heavy atom. The molecule has 2 amide bonds. The van der Waals surface area contributed by atoms with Crippen molar-refractivity contribution in [3.63, 3.8) is 0 Å². The fourth-order valence-corrected chi connectivity index (χ4v) is 4.04. The molecule has 1 aliphatic rings. The molecule has 32 heavy (non-hydrogen) atoms. The molecule has 1 unspecified atom stereocenters. The summed E-state index contributed by atoms with van der Waals surface area (Å²) in [6, 6.07) is 17.0. The van der Waals surface area contributed by atoms with Gasteiger partial charge in [-0.05, 0) is 36.6 Å². The van der Waals surface area contributed by atoms with Crippen molar-refractivity contribution in [2.45, 2.75) is 32.7 Å². The minimum Gasteiger partial charge on any atom is -0.481 e. The standard InChI is InChI=1S/C23H25N3O2.C2H4O2/c1-2-21-23(28)25(13-12-18-16-24-20-11-7-6-10-19(18)20)14-15-26(21)22(27)17-8-4-3-5-9-17;1-2(3)4/h3-11,16,21,24H,2,12-15H2,1H3;1H3,(H,3,4). The van der Waals surface area contributed by atoms with Gasteiger partial charge in [-0.2, -0.15) is 0 Å². The number of hydrogen-bond donors (Lipinski definition) is 2. The first-order valence-electron chi connectivity index (χ1n) is 10.8. The summed E-state index contributed by atoms with van der Waals surface area (Å²) < 4.78 is 0. The molecule has 2 heterocycles. The lowest BCUT2D eigenvalue weighted by molar-refractivity contribution is -0.140. The third kappa shape index (κ3) is 5.35. The molecule has 0 radical (unpaired) electrons. The summed E-state index contributed by atoms with van der Waals surface area (Å²) in [6.07, 6.45) is 3.46. The van der Waals surface area contributed by atoms with E-state index in [0.717, 1.165) is 18.9 Å². The smallest absolute Gasteiger partial charge is 0.300 e. The number of carboxylic acids is 1. The van der Waals surface area contributed by atoms with Gasteiger partial charge in [-0.3, -0.25) is 14.4 Å². The minimum absolute atomic E-state index is 0.0536. The summed E-state index contributed by atoms with van der Waals surface area (Å²) in [5, 5.41) is 8.62. The number of fused-ring (bicyclic) bond motifs is 1. The van der Waals surface area contributed by atoms with Crippen LogP contribution in [-0.4, -0.2) is 63.4 Å². The maximum Gasteiger partial charge on any atom is 0.300 e. The van der Waals surface area contributed by atoms with E-state index in [2.05, 4.69) is 17.1 Å². The van der Waals surface area contributed by atoms with E-state index in [4.69, 9.17) is 9.90 Å². The SMILES string of the molecule is CC(=O)O.CCC1C(=O)N(CCc2c[nH]c3ccccc23)CCN1C(=O)c1ccccc1. The highest BCUT2D eigenvalue weighted by Crippen LogP contribution is 2.21. The maximum atomic E-state index is 13.1. The summed E-state index contributed by atoms with van der Waals surface area (Å²) in [5.41, 5.74) is 2.98. The van der Waals surface area contributed by atoms with E-state index < -0.39 is 5.97 Å². The number of amides is 2. The van der Waals surface area contributed by atoms with Crippen molar-refractivity contribution in [2.24, 2.45) is 0 Å². The monoisotopic (exact) mass is 435 g/mol. The number of benzene rings is 2. The number of nitrogens with one attached hydrogen (secondary N) is 1. The molecule has 4 rings (SSSR count). The molecule has 1 aromatic heterocycles. The van der Waals surface area contributed by atoms with Gasteiger partial charge in [-0.15, -0.1) is 0 Å². The molecule has 3 aromatic rings. The number of hydrogen-bond acceptors (Lipinski definition) is 3. The van der Waals surface area contributed by atoms with Crippen molar-refractivity contribution in [1.82, 2.24) is 14.8 Å². The lowest BCUT2D eigenvalue weighted by Gasteiger charge is -2.40. The zero-order valence-corrected chi connectivity index (χ0v) is 18.5. The van der Waals surface area contributed by atoms with Crippen molar-refractivity contribution in [1.29, 1.82) is 0 Å². The van der Waals surface area contributed by atoms with Crippen LogP contribution in [0.2, 0.25) is 0 Å². The van der Waals surface area contributed by atoms with E-state index in [1.807, 2.05) is 60.5 Å². The predicted octanol–water partition coefficient (Wildman–Crippen LogP) is 3.56.